The van der Waals surface area contributed by atoms with E-state index < -0.39 is 0 Å². The van der Waals surface area contributed by atoms with Crippen LogP contribution in [0.25, 0.3) is 0 Å². The highest BCUT2D eigenvalue weighted by molar-refractivity contribution is 5.99. The van der Waals surface area contributed by atoms with Crippen LogP contribution in [-0.2, 0) is 0 Å². The fraction of sp³-hybridized carbons (Fsp3) is 0.667. The molecule has 1 nitrogen and oxygen atoms in total. The van der Waals surface area contributed by atoms with Crippen molar-refractivity contribution in [1.29, 1.82) is 0 Å². The van der Waals surface area contributed by atoms with Crippen LogP contribution in [0.2, 0.25) is 0 Å². The number of hydrogen-bond donors (Lipinski definition) is 0. The molecule has 0 radical (unpaired) electrons. The van der Waals surface area contributed by atoms with Gasteiger partial charge in [0, 0.05) is 7.05 Å². The summed E-state index contributed by atoms with van der Waals surface area (Å²) >= 11 is 0. The normalized spacial score (nSPS) is 14.4. The summed E-state index contributed by atoms with van der Waals surface area (Å²) in [5.74, 6) is -0.00667. The summed E-state index contributed by atoms with van der Waals surface area (Å²) in [6.07, 6.45) is 2.28. The maximum absolute atomic E-state index is 13.0. The molecule has 0 aliphatic heterocycles. The van der Waals surface area contributed by atoms with E-state index in [9.17, 15) is 4.39 Å². The topological polar surface area (TPSA) is 12.4 Å². The third kappa shape index (κ3) is 3.30. The maximum atomic E-state index is 13.0. The first kappa shape index (κ1) is 10.3. The van der Waals surface area contributed by atoms with Gasteiger partial charge in [0.1, 0.15) is 5.83 Å². The van der Waals surface area contributed by atoms with E-state index in [1.54, 1.807) is 13.1 Å². The average molecular weight is 157 g/mol. The zero-order valence-electron chi connectivity index (χ0n) is 7.69. The van der Waals surface area contributed by atoms with Crippen LogP contribution in [0.4, 0.5) is 4.39 Å². The molecule has 11 heavy (non-hydrogen) atoms. The predicted octanol–water partition coefficient (Wildman–Crippen LogP) is 2.98. The summed E-state index contributed by atoms with van der Waals surface area (Å²) in [4.78, 5) is 3.88. The van der Waals surface area contributed by atoms with Gasteiger partial charge >= 0.3 is 0 Å². The second kappa shape index (κ2) is 5.05. The molecule has 64 valence electrons. The first-order valence-electron chi connectivity index (χ1n) is 3.96. The van der Waals surface area contributed by atoms with E-state index in [1.165, 1.54) is 0 Å². The van der Waals surface area contributed by atoms with Crippen molar-refractivity contribution in [2.45, 2.75) is 27.2 Å². The number of rotatable bonds is 3. The van der Waals surface area contributed by atoms with Crippen molar-refractivity contribution in [2.24, 2.45) is 10.9 Å². The van der Waals surface area contributed by atoms with Crippen molar-refractivity contribution in [3.8, 4) is 0 Å². The van der Waals surface area contributed by atoms with Crippen LogP contribution in [0.3, 0.4) is 0 Å². The van der Waals surface area contributed by atoms with Gasteiger partial charge in [-0.3, -0.25) is 4.99 Å². The highest BCUT2D eigenvalue weighted by atomic mass is 19.1. The molecule has 0 saturated carbocycles. The van der Waals surface area contributed by atoms with E-state index >= 15 is 0 Å². The summed E-state index contributed by atoms with van der Waals surface area (Å²) in [5, 5.41) is 0. The van der Waals surface area contributed by atoms with Crippen molar-refractivity contribution in [2.75, 3.05) is 7.05 Å². The molecule has 0 amide bonds. The van der Waals surface area contributed by atoms with Crippen molar-refractivity contribution in [3.63, 3.8) is 0 Å². The van der Waals surface area contributed by atoms with E-state index in [0.717, 1.165) is 6.42 Å². The number of halogens is 1. The fourth-order valence-corrected chi connectivity index (χ4v) is 0.925. The maximum Gasteiger partial charge on any atom is 0.140 e. The molecule has 0 saturated heterocycles. The number of aliphatic imine (C=N–C) groups is 1. The van der Waals surface area contributed by atoms with Crippen LogP contribution in [0.5, 0.6) is 0 Å². The lowest BCUT2D eigenvalue weighted by Crippen LogP contribution is -2.07. The molecule has 0 unspecified atom stereocenters. The lowest BCUT2D eigenvalue weighted by Gasteiger charge is -2.05. The van der Waals surface area contributed by atoms with Gasteiger partial charge in [0.05, 0.1) is 5.71 Å². The Labute approximate surface area is 68.0 Å². The monoisotopic (exact) mass is 157 g/mol. The zero-order chi connectivity index (χ0) is 8.85. The molecule has 0 spiro atoms. The SMILES string of the molecule is CC/C=C(/F)C(=NC)C(C)C. The quantitative estimate of drug-likeness (QED) is 0.558. The van der Waals surface area contributed by atoms with Gasteiger partial charge in [-0.2, -0.15) is 0 Å². The zero-order valence-corrected chi connectivity index (χ0v) is 7.69. The number of hydrogen-bond acceptors (Lipinski definition) is 1. The molecule has 0 bridgehead atoms. The number of nitrogens with zero attached hydrogens (tertiary/aromatic N) is 1. The summed E-state index contributed by atoms with van der Waals surface area (Å²) in [6, 6.07) is 0. The van der Waals surface area contributed by atoms with Crippen LogP contribution in [0.15, 0.2) is 16.9 Å². The molecular weight excluding hydrogens is 141 g/mol. The molecule has 0 aromatic rings. The molecule has 0 N–H and O–H groups in total. The third-order valence-electron chi connectivity index (χ3n) is 1.42. The second-order valence-corrected chi connectivity index (χ2v) is 2.72. The molecular formula is C9H16FN. The minimum Gasteiger partial charge on any atom is -0.290 e. The predicted molar refractivity (Wildman–Crippen MR) is 47.7 cm³/mol. The Morgan fingerprint density at radius 2 is 2.09 bits per heavy atom. The van der Waals surface area contributed by atoms with E-state index in [0.29, 0.717) is 5.71 Å². The Hall–Kier alpha value is -0.660. The van der Waals surface area contributed by atoms with E-state index in [1.807, 2.05) is 20.8 Å². The van der Waals surface area contributed by atoms with Crippen LogP contribution < -0.4 is 0 Å². The molecule has 0 aromatic heterocycles. The first-order valence-corrected chi connectivity index (χ1v) is 3.96. The summed E-state index contributed by atoms with van der Waals surface area (Å²) in [6.45, 7) is 5.78. The van der Waals surface area contributed by atoms with Gasteiger partial charge in [-0.1, -0.05) is 20.8 Å². The second-order valence-electron chi connectivity index (χ2n) is 2.72. The summed E-state index contributed by atoms with van der Waals surface area (Å²) in [7, 11) is 1.62. The Balaban J connectivity index is 4.40. The van der Waals surface area contributed by atoms with E-state index in [4.69, 9.17) is 0 Å². The van der Waals surface area contributed by atoms with Crippen LogP contribution in [0.1, 0.15) is 27.2 Å². The number of allylic oxidation sites excluding steroid dienone is 2. The molecule has 0 aliphatic carbocycles. The van der Waals surface area contributed by atoms with Crippen molar-refractivity contribution in [3.05, 3.63) is 11.9 Å². The van der Waals surface area contributed by atoms with Crippen molar-refractivity contribution >= 4 is 5.71 Å². The average Bonchev–Trinajstić information content (AvgIpc) is 1.88. The van der Waals surface area contributed by atoms with E-state index in [2.05, 4.69) is 4.99 Å². The Morgan fingerprint density at radius 1 is 1.55 bits per heavy atom. The molecule has 0 fully saturated rings. The molecule has 0 aliphatic rings. The largest absolute Gasteiger partial charge is 0.290 e. The summed E-state index contributed by atoms with van der Waals surface area (Å²) in [5.41, 5.74) is 0.562. The van der Waals surface area contributed by atoms with Crippen LogP contribution in [0, 0.1) is 5.92 Å². The van der Waals surface area contributed by atoms with Crippen molar-refractivity contribution in [1.82, 2.24) is 0 Å². The van der Waals surface area contributed by atoms with Gasteiger partial charge in [-0.05, 0) is 18.4 Å². The highest BCUT2D eigenvalue weighted by Gasteiger charge is 2.08. The molecule has 0 heterocycles. The lowest BCUT2D eigenvalue weighted by molar-refractivity contribution is 0.658. The molecule has 2 heteroatoms. The Bertz CT molecular complexity index is 168. The Morgan fingerprint density at radius 3 is 2.36 bits per heavy atom. The van der Waals surface area contributed by atoms with Gasteiger partial charge < -0.3 is 0 Å². The van der Waals surface area contributed by atoms with Crippen LogP contribution >= 0.6 is 0 Å². The smallest absolute Gasteiger partial charge is 0.140 e. The highest BCUT2D eigenvalue weighted by Crippen LogP contribution is 2.09. The Kier molecular flexibility index (Phi) is 4.75. The first-order chi connectivity index (χ1) is 5.13. The van der Waals surface area contributed by atoms with Gasteiger partial charge in [0.25, 0.3) is 0 Å². The summed E-state index contributed by atoms with van der Waals surface area (Å²) < 4.78 is 13.0. The van der Waals surface area contributed by atoms with Crippen molar-refractivity contribution < 1.29 is 4.39 Å². The van der Waals surface area contributed by atoms with Crippen LogP contribution in [-0.4, -0.2) is 12.8 Å². The minimum absolute atomic E-state index is 0.169. The van der Waals surface area contributed by atoms with E-state index in [-0.39, 0.29) is 11.7 Å². The molecule has 0 aromatic carbocycles. The van der Waals surface area contributed by atoms with Gasteiger partial charge in [0.2, 0.25) is 0 Å². The van der Waals surface area contributed by atoms with Gasteiger partial charge in [0.15, 0.2) is 0 Å². The fourth-order valence-electron chi connectivity index (χ4n) is 0.925. The molecule has 0 rings (SSSR count). The van der Waals surface area contributed by atoms with Gasteiger partial charge in [-0.15, -0.1) is 0 Å². The minimum atomic E-state index is -0.176. The molecule has 0 atom stereocenters. The lowest BCUT2D eigenvalue weighted by atomic mass is 10.1. The standard InChI is InChI=1S/C9H16FN/c1-5-6-8(10)9(11-4)7(2)3/h6-7H,5H2,1-4H3/b8-6+,11-9?. The third-order valence-corrected chi connectivity index (χ3v) is 1.42. The van der Waals surface area contributed by atoms with Gasteiger partial charge in [-0.25, -0.2) is 4.39 Å².